The maximum absolute atomic E-state index is 13.6. The summed E-state index contributed by atoms with van der Waals surface area (Å²) in [7, 11) is 0. The van der Waals surface area contributed by atoms with Crippen LogP contribution < -0.4 is 5.32 Å². The molecule has 106 valence electrons. The number of furan rings is 1. The predicted molar refractivity (Wildman–Crippen MR) is 71.5 cm³/mol. The highest BCUT2D eigenvalue weighted by Gasteiger charge is 2.23. The smallest absolute Gasteiger partial charge is 0.228 e. The molecule has 5 heteroatoms. The first-order valence-corrected chi connectivity index (χ1v) is 6.32. The van der Waals surface area contributed by atoms with Gasteiger partial charge >= 0.3 is 0 Å². The number of aliphatic hydroxyl groups excluding tert-OH is 1. The molecule has 0 bridgehead atoms. The van der Waals surface area contributed by atoms with Crippen LogP contribution >= 0.6 is 0 Å². The van der Waals surface area contributed by atoms with E-state index in [0.29, 0.717) is 11.3 Å². The highest BCUT2D eigenvalue weighted by molar-refractivity contribution is 5.83. The summed E-state index contributed by atoms with van der Waals surface area (Å²) in [5.74, 6) is -0.985. The van der Waals surface area contributed by atoms with Gasteiger partial charge in [0.2, 0.25) is 5.91 Å². The number of benzene rings is 1. The van der Waals surface area contributed by atoms with Gasteiger partial charge in [0.05, 0.1) is 18.8 Å². The second-order valence-electron chi connectivity index (χ2n) is 4.50. The highest BCUT2D eigenvalue weighted by Crippen LogP contribution is 2.20. The molecule has 1 heterocycles. The zero-order chi connectivity index (χ0) is 14.5. The Morgan fingerprint density at radius 1 is 1.35 bits per heavy atom. The van der Waals surface area contributed by atoms with Crippen LogP contribution in [-0.2, 0) is 4.79 Å². The largest absolute Gasteiger partial charge is 0.467 e. The van der Waals surface area contributed by atoms with Crippen LogP contribution in [0.2, 0.25) is 0 Å². The van der Waals surface area contributed by atoms with E-state index in [4.69, 9.17) is 4.42 Å². The summed E-state index contributed by atoms with van der Waals surface area (Å²) < 4.78 is 18.8. The molecule has 0 spiro atoms. The van der Waals surface area contributed by atoms with E-state index in [2.05, 4.69) is 5.32 Å². The molecule has 0 aliphatic carbocycles. The van der Waals surface area contributed by atoms with Crippen molar-refractivity contribution in [1.29, 1.82) is 0 Å². The van der Waals surface area contributed by atoms with Crippen molar-refractivity contribution in [1.82, 2.24) is 5.32 Å². The quantitative estimate of drug-likeness (QED) is 0.882. The molecule has 1 aromatic carbocycles. The summed E-state index contributed by atoms with van der Waals surface area (Å²) in [4.78, 5) is 12.1. The van der Waals surface area contributed by atoms with Crippen LogP contribution in [0.15, 0.2) is 47.1 Å². The first kappa shape index (κ1) is 14.3. The highest BCUT2D eigenvalue weighted by atomic mass is 19.1. The molecular weight excluding hydrogens is 261 g/mol. The molecule has 2 unspecified atom stereocenters. The Kier molecular flexibility index (Phi) is 4.53. The van der Waals surface area contributed by atoms with Crippen molar-refractivity contribution in [2.75, 3.05) is 6.61 Å². The Bertz CT molecular complexity index is 568. The van der Waals surface area contributed by atoms with Gasteiger partial charge in [-0.05, 0) is 30.7 Å². The van der Waals surface area contributed by atoms with Crippen molar-refractivity contribution >= 4 is 5.91 Å². The van der Waals surface area contributed by atoms with Gasteiger partial charge in [0.15, 0.2) is 0 Å². The van der Waals surface area contributed by atoms with Crippen molar-refractivity contribution in [3.05, 3.63) is 59.8 Å². The summed E-state index contributed by atoms with van der Waals surface area (Å²) in [5, 5.41) is 12.0. The number of aliphatic hydroxyl groups is 1. The standard InChI is InChI=1S/C15H16FNO3/c1-10(11-5-2-3-6-12(11)16)15(19)17-13(9-18)14-7-4-8-20-14/h2-8,10,13,18H,9H2,1H3,(H,17,19). The number of carbonyl (C=O) groups excluding carboxylic acids is 1. The van der Waals surface area contributed by atoms with Gasteiger partial charge in [-0.3, -0.25) is 4.79 Å². The van der Waals surface area contributed by atoms with Crippen LogP contribution in [0.5, 0.6) is 0 Å². The van der Waals surface area contributed by atoms with Crippen molar-refractivity contribution in [2.45, 2.75) is 18.9 Å². The second kappa shape index (κ2) is 6.34. The molecule has 1 aromatic heterocycles. The summed E-state index contributed by atoms with van der Waals surface area (Å²) in [6.07, 6.45) is 1.46. The molecular formula is C15H16FNO3. The number of hydrogen-bond donors (Lipinski definition) is 2. The first-order chi connectivity index (χ1) is 9.63. The van der Waals surface area contributed by atoms with Crippen LogP contribution in [0.25, 0.3) is 0 Å². The van der Waals surface area contributed by atoms with Gasteiger partial charge < -0.3 is 14.8 Å². The van der Waals surface area contributed by atoms with Gasteiger partial charge in [0.1, 0.15) is 17.6 Å². The minimum Gasteiger partial charge on any atom is -0.467 e. The molecule has 1 amide bonds. The minimum absolute atomic E-state index is 0.288. The van der Waals surface area contributed by atoms with E-state index in [1.165, 1.54) is 12.3 Å². The lowest BCUT2D eigenvalue weighted by atomic mass is 9.99. The average Bonchev–Trinajstić information content (AvgIpc) is 2.98. The lowest BCUT2D eigenvalue weighted by Gasteiger charge is -2.18. The molecule has 2 rings (SSSR count). The maximum atomic E-state index is 13.6. The Morgan fingerprint density at radius 3 is 2.70 bits per heavy atom. The lowest BCUT2D eigenvalue weighted by Crippen LogP contribution is -2.33. The van der Waals surface area contributed by atoms with Crippen LogP contribution in [0.1, 0.15) is 30.2 Å². The molecule has 0 aliphatic rings. The number of nitrogens with one attached hydrogen (secondary N) is 1. The molecule has 0 saturated carbocycles. The van der Waals surface area contributed by atoms with E-state index in [1.54, 1.807) is 37.3 Å². The van der Waals surface area contributed by atoms with E-state index in [0.717, 1.165) is 0 Å². The van der Waals surface area contributed by atoms with Crippen molar-refractivity contribution < 1.29 is 18.7 Å². The van der Waals surface area contributed by atoms with E-state index in [-0.39, 0.29) is 12.5 Å². The topological polar surface area (TPSA) is 62.5 Å². The normalized spacial score (nSPS) is 13.8. The third-order valence-corrected chi connectivity index (χ3v) is 3.15. The Hall–Kier alpha value is -2.14. The molecule has 4 nitrogen and oxygen atoms in total. The number of amides is 1. The van der Waals surface area contributed by atoms with Crippen LogP contribution in [0.3, 0.4) is 0 Å². The summed E-state index contributed by atoms with van der Waals surface area (Å²) in [6.45, 7) is 1.33. The molecule has 20 heavy (non-hydrogen) atoms. The Morgan fingerprint density at radius 2 is 2.10 bits per heavy atom. The van der Waals surface area contributed by atoms with Crippen LogP contribution in [0, 0.1) is 5.82 Å². The average molecular weight is 277 g/mol. The molecule has 2 atom stereocenters. The molecule has 0 fully saturated rings. The summed E-state index contributed by atoms with van der Waals surface area (Å²) >= 11 is 0. The first-order valence-electron chi connectivity index (χ1n) is 6.32. The maximum Gasteiger partial charge on any atom is 0.228 e. The number of hydrogen-bond acceptors (Lipinski definition) is 3. The van der Waals surface area contributed by atoms with Gasteiger partial charge in [0.25, 0.3) is 0 Å². The number of halogens is 1. The molecule has 0 radical (unpaired) electrons. The van der Waals surface area contributed by atoms with E-state index < -0.39 is 17.8 Å². The Labute approximate surface area is 116 Å². The minimum atomic E-state index is -0.653. The van der Waals surface area contributed by atoms with Crippen LogP contribution in [0.4, 0.5) is 4.39 Å². The monoisotopic (exact) mass is 277 g/mol. The van der Waals surface area contributed by atoms with E-state index in [9.17, 15) is 14.3 Å². The third-order valence-electron chi connectivity index (χ3n) is 3.15. The Balaban J connectivity index is 2.10. The van der Waals surface area contributed by atoms with Gasteiger partial charge in [-0.25, -0.2) is 4.39 Å². The zero-order valence-electron chi connectivity index (χ0n) is 11.0. The second-order valence-corrected chi connectivity index (χ2v) is 4.50. The summed E-state index contributed by atoms with van der Waals surface area (Å²) in [6, 6.07) is 8.84. The fourth-order valence-electron chi connectivity index (χ4n) is 1.96. The van der Waals surface area contributed by atoms with E-state index in [1.807, 2.05) is 0 Å². The fourth-order valence-corrected chi connectivity index (χ4v) is 1.96. The molecule has 2 aromatic rings. The molecule has 2 N–H and O–H groups in total. The fraction of sp³-hybridized carbons (Fsp3) is 0.267. The third kappa shape index (κ3) is 3.05. The van der Waals surface area contributed by atoms with Crippen molar-refractivity contribution in [3.63, 3.8) is 0 Å². The van der Waals surface area contributed by atoms with Crippen molar-refractivity contribution in [3.8, 4) is 0 Å². The van der Waals surface area contributed by atoms with E-state index >= 15 is 0 Å². The lowest BCUT2D eigenvalue weighted by molar-refractivity contribution is -0.123. The molecule has 0 saturated heterocycles. The van der Waals surface area contributed by atoms with Crippen molar-refractivity contribution in [2.24, 2.45) is 0 Å². The van der Waals surface area contributed by atoms with Gasteiger partial charge in [-0.15, -0.1) is 0 Å². The van der Waals surface area contributed by atoms with Gasteiger partial charge in [-0.2, -0.15) is 0 Å². The number of rotatable bonds is 5. The van der Waals surface area contributed by atoms with Gasteiger partial charge in [-0.1, -0.05) is 18.2 Å². The zero-order valence-corrected chi connectivity index (χ0v) is 11.0. The van der Waals surface area contributed by atoms with Crippen LogP contribution in [-0.4, -0.2) is 17.6 Å². The molecule has 0 aliphatic heterocycles. The number of carbonyl (C=O) groups is 1. The van der Waals surface area contributed by atoms with Gasteiger partial charge in [0, 0.05) is 0 Å². The SMILES string of the molecule is CC(C(=O)NC(CO)c1ccco1)c1ccccc1F. The summed E-state index contributed by atoms with van der Waals surface area (Å²) in [5.41, 5.74) is 0.320. The predicted octanol–water partition coefficient (Wildman–Crippen LogP) is 2.37.